The summed E-state index contributed by atoms with van der Waals surface area (Å²) in [5.41, 5.74) is 6.59. The molecule has 6 heterocycles. The Morgan fingerprint density at radius 3 is 3.03 bits per heavy atom. The zero-order valence-electron chi connectivity index (χ0n) is 17.5. The first-order valence-corrected chi connectivity index (χ1v) is 11.5. The predicted molar refractivity (Wildman–Crippen MR) is 115 cm³/mol. The molecule has 3 aromatic rings. The molecule has 0 N–H and O–H groups in total. The molecule has 0 radical (unpaired) electrons. The predicted octanol–water partition coefficient (Wildman–Crippen LogP) is 4.69. The zero-order chi connectivity index (χ0) is 19.9. The van der Waals surface area contributed by atoms with Gasteiger partial charge in [-0.05, 0) is 49.9 Å². The third kappa shape index (κ3) is 2.12. The Balaban J connectivity index is 1.55. The van der Waals surface area contributed by atoms with Crippen LogP contribution in [0.25, 0.3) is 16.6 Å². The molecule has 0 amide bonds. The van der Waals surface area contributed by atoms with Gasteiger partial charge in [-0.2, -0.15) is 0 Å². The SMILES string of the molecule is CC[C@@]12C=C(c3nc4c(o3)CCOC4)n3c4c(c5ccccc53)CCN(CCC1)[C@H]42. The molecular weight excluding hydrogens is 374 g/mol. The lowest BCUT2D eigenvalue weighted by atomic mass is 9.66. The van der Waals surface area contributed by atoms with E-state index in [1.54, 1.807) is 0 Å². The fourth-order valence-electron chi connectivity index (χ4n) is 6.57. The lowest BCUT2D eigenvalue weighted by Crippen LogP contribution is -2.50. The highest BCUT2D eigenvalue weighted by Crippen LogP contribution is 2.57. The van der Waals surface area contributed by atoms with Gasteiger partial charge < -0.3 is 13.7 Å². The number of benzene rings is 1. The van der Waals surface area contributed by atoms with Gasteiger partial charge in [0.15, 0.2) is 0 Å². The zero-order valence-corrected chi connectivity index (χ0v) is 17.5. The molecule has 4 aliphatic rings. The average molecular weight is 402 g/mol. The number of hydrogen-bond donors (Lipinski definition) is 0. The smallest absolute Gasteiger partial charge is 0.243 e. The molecule has 0 bridgehead atoms. The molecule has 0 unspecified atom stereocenters. The average Bonchev–Trinajstić information content (AvgIpc) is 3.38. The van der Waals surface area contributed by atoms with E-state index in [9.17, 15) is 0 Å². The largest absolute Gasteiger partial charge is 0.439 e. The molecule has 2 atom stereocenters. The Labute approximate surface area is 176 Å². The summed E-state index contributed by atoms with van der Waals surface area (Å²) >= 11 is 0. The van der Waals surface area contributed by atoms with Gasteiger partial charge >= 0.3 is 0 Å². The third-order valence-electron chi connectivity index (χ3n) is 7.96. The Bertz CT molecular complexity index is 1180. The maximum Gasteiger partial charge on any atom is 0.243 e. The minimum atomic E-state index is 0.151. The standard InChI is InChI=1S/C25H27N3O2/c1-2-25-10-5-11-27-12-8-17-16-6-3-4-7-19(16)28(22(17)23(25)27)20(14-25)24-26-18-15-29-13-9-21(18)30-24/h3-4,6-7,14,23H,2,5,8-13,15H2,1H3/t23-,25+/m1/s1. The van der Waals surface area contributed by atoms with Crippen molar-refractivity contribution in [2.75, 3.05) is 19.7 Å². The number of piperidine rings is 1. The number of rotatable bonds is 2. The number of ether oxygens (including phenoxy) is 1. The molecule has 0 spiro atoms. The van der Waals surface area contributed by atoms with Crippen molar-refractivity contribution in [1.82, 2.24) is 14.5 Å². The maximum absolute atomic E-state index is 6.38. The number of nitrogens with zero attached hydrogens (tertiary/aromatic N) is 3. The van der Waals surface area contributed by atoms with Crippen LogP contribution < -0.4 is 0 Å². The Hall–Kier alpha value is -2.37. The normalized spacial score (nSPS) is 27.6. The van der Waals surface area contributed by atoms with E-state index >= 15 is 0 Å². The molecule has 1 aromatic carbocycles. The highest BCUT2D eigenvalue weighted by atomic mass is 16.5. The van der Waals surface area contributed by atoms with Crippen LogP contribution in [0, 0.1) is 5.41 Å². The van der Waals surface area contributed by atoms with Crippen LogP contribution >= 0.6 is 0 Å². The molecule has 1 saturated heterocycles. The van der Waals surface area contributed by atoms with Crippen LogP contribution in [-0.2, 0) is 24.2 Å². The van der Waals surface area contributed by atoms with E-state index < -0.39 is 0 Å². The highest BCUT2D eigenvalue weighted by molar-refractivity contribution is 5.91. The topological polar surface area (TPSA) is 43.4 Å². The lowest BCUT2D eigenvalue weighted by Gasteiger charge is -2.53. The van der Waals surface area contributed by atoms with Crippen molar-refractivity contribution in [1.29, 1.82) is 0 Å². The van der Waals surface area contributed by atoms with Crippen molar-refractivity contribution in [2.24, 2.45) is 5.41 Å². The van der Waals surface area contributed by atoms with Crippen LogP contribution in [0.2, 0.25) is 0 Å². The molecule has 154 valence electrons. The molecular formula is C25H27N3O2. The van der Waals surface area contributed by atoms with Crippen LogP contribution in [-0.4, -0.2) is 34.1 Å². The van der Waals surface area contributed by atoms with E-state index in [1.165, 1.54) is 48.1 Å². The monoisotopic (exact) mass is 401 g/mol. The summed E-state index contributed by atoms with van der Waals surface area (Å²) in [5, 5.41) is 1.40. The molecule has 0 aliphatic carbocycles. The molecule has 5 heteroatoms. The Morgan fingerprint density at radius 2 is 2.13 bits per heavy atom. The molecule has 5 nitrogen and oxygen atoms in total. The van der Waals surface area contributed by atoms with E-state index in [2.05, 4.69) is 46.7 Å². The number of hydrogen-bond acceptors (Lipinski definition) is 4. The summed E-state index contributed by atoms with van der Waals surface area (Å²) in [6.45, 7) is 6.02. The molecule has 4 aliphatic heterocycles. The molecule has 7 rings (SSSR count). The fraction of sp³-hybridized carbons (Fsp3) is 0.480. The molecule has 30 heavy (non-hydrogen) atoms. The molecule has 1 fully saturated rings. The molecule has 2 aromatic heterocycles. The van der Waals surface area contributed by atoms with Crippen molar-refractivity contribution < 1.29 is 9.15 Å². The summed E-state index contributed by atoms with van der Waals surface area (Å²) in [6.07, 6.45) is 8.11. The third-order valence-corrected chi connectivity index (χ3v) is 7.96. The van der Waals surface area contributed by atoms with Crippen LogP contribution in [0.15, 0.2) is 34.8 Å². The number of para-hydroxylation sites is 1. The van der Waals surface area contributed by atoms with Gasteiger partial charge in [0.1, 0.15) is 17.2 Å². The van der Waals surface area contributed by atoms with E-state index in [1.807, 2.05) is 0 Å². The lowest BCUT2D eigenvalue weighted by molar-refractivity contribution is 0.0269. The van der Waals surface area contributed by atoms with Crippen molar-refractivity contribution in [2.45, 2.75) is 51.7 Å². The van der Waals surface area contributed by atoms with Gasteiger partial charge in [0.2, 0.25) is 5.89 Å². The second-order valence-corrected chi connectivity index (χ2v) is 9.32. The first kappa shape index (κ1) is 17.3. The summed E-state index contributed by atoms with van der Waals surface area (Å²) in [6, 6.07) is 9.36. The number of oxazole rings is 1. The highest BCUT2D eigenvalue weighted by Gasteiger charge is 2.50. The maximum atomic E-state index is 6.38. The van der Waals surface area contributed by atoms with Crippen molar-refractivity contribution in [3.8, 4) is 0 Å². The summed E-state index contributed by atoms with van der Waals surface area (Å²) in [7, 11) is 0. The van der Waals surface area contributed by atoms with Crippen molar-refractivity contribution in [3.05, 3.63) is 58.9 Å². The van der Waals surface area contributed by atoms with Gasteiger partial charge in [-0.3, -0.25) is 4.90 Å². The summed E-state index contributed by atoms with van der Waals surface area (Å²) in [4.78, 5) is 7.68. The van der Waals surface area contributed by atoms with Crippen LogP contribution in [0.4, 0.5) is 0 Å². The number of fused-ring (bicyclic) bond motifs is 4. The van der Waals surface area contributed by atoms with Gasteiger partial charge in [0.25, 0.3) is 0 Å². The van der Waals surface area contributed by atoms with Gasteiger partial charge in [0.05, 0.1) is 24.8 Å². The van der Waals surface area contributed by atoms with E-state index in [0.29, 0.717) is 12.6 Å². The van der Waals surface area contributed by atoms with E-state index in [4.69, 9.17) is 14.1 Å². The first-order valence-electron chi connectivity index (χ1n) is 11.5. The minimum absolute atomic E-state index is 0.151. The van der Waals surface area contributed by atoms with Gasteiger partial charge in [-0.15, -0.1) is 0 Å². The van der Waals surface area contributed by atoms with E-state index in [0.717, 1.165) is 48.9 Å². The number of aromatic nitrogens is 2. The van der Waals surface area contributed by atoms with Gasteiger partial charge in [-0.25, -0.2) is 4.98 Å². The van der Waals surface area contributed by atoms with Gasteiger partial charge in [-0.1, -0.05) is 25.1 Å². The van der Waals surface area contributed by atoms with Crippen LogP contribution in [0.1, 0.15) is 60.8 Å². The second kappa shape index (κ2) is 6.08. The minimum Gasteiger partial charge on any atom is -0.439 e. The Kier molecular flexibility index (Phi) is 3.51. The van der Waals surface area contributed by atoms with Crippen LogP contribution in [0.5, 0.6) is 0 Å². The summed E-state index contributed by atoms with van der Waals surface area (Å²) < 4.78 is 14.5. The summed E-state index contributed by atoms with van der Waals surface area (Å²) in [5.74, 6) is 1.77. The van der Waals surface area contributed by atoms with Crippen LogP contribution in [0.3, 0.4) is 0 Å². The quantitative estimate of drug-likeness (QED) is 0.625. The molecule has 0 saturated carbocycles. The van der Waals surface area contributed by atoms with Crippen molar-refractivity contribution in [3.63, 3.8) is 0 Å². The second-order valence-electron chi connectivity index (χ2n) is 9.32. The fourth-order valence-corrected chi connectivity index (χ4v) is 6.57. The Morgan fingerprint density at radius 1 is 1.20 bits per heavy atom. The first-order chi connectivity index (χ1) is 14.8. The van der Waals surface area contributed by atoms with Gasteiger partial charge in [0, 0.05) is 29.5 Å². The van der Waals surface area contributed by atoms with Crippen molar-refractivity contribution >= 4 is 16.6 Å². The van der Waals surface area contributed by atoms with E-state index in [-0.39, 0.29) is 5.41 Å².